The molecule has 130 valence electrons. The minimum atomic E-state index is -0.326. The van der Waals surface area contributed by atoms with Gasteiger partial charge in [-0.05, 0) is 24.1 Å². The minimum absolute atomic E-state index is 0.0661. The standard InChI is InChI=1S/C20H23N3O2/c1-13-7-6-10-16-19(13)23-17(25-16)11-12-22-20(24)14(2)18(21)15-8-4-3-5-9-15/h3-10,14,18H,11-12,21H2,1-2H3,(H,22,24). The van der Waals surface area contributed by atoms with Gasteiger partial charge in [0.15, 0.2) is 11.5 Å². The number of oxazole rings is 1. The summed E-state index contributed by atoms with van der Waals surface area (Å²) >= 11 is 0. The van der Waals surface area contributed by atoms with Crippen molar-refractivity contribution in [2.45, 2.75) is 26.3 Å². The van der Waals surface area contributed by atoms with Crippen LogP contribution in [0.2, 0.25) is 0 Å². The summed E-state index contributed by atoms with van der Waals surface area (Å²) in [6.07, 6.45) is 0.549. The Hall–Kier alpha value is -2.66. The fourth-order valence-electron chi connectivity index (χ4n) is 2.82. The lowest BCUT2D eigenvalue weighted by molar-refractivity contribution is -0.125. The van der Waals surface area contributed by atoms with Gasteiger partial charge in [-0.3, -0.25) is 4.79 Å². The molecule has 1 amide bonds. The number of nitrogens with two attached hydrogens (primary N) is 1. The average molecular weight is 337 g/mol. The number of para-hydroxylation sites is 1. The van der Waals surface area contributed by atoms with Gasteiger partial charge in [0.2, 0.25) is 5.91 Å². The number of fused-ring (bicyclic) bond motifs is 1. The summed E-state index contributed by atoms with van der Waals surface area (Å²) in [4.78, 5) is 16.8. The van der Waals surface area contributed by atoms with Crippen LogP contribution in [0.15, 0.2) is 52.9 Å². The van der Waals surface area contributed by atoms with Gasteiger partial charge in [-0.2, -0.15) is 0 Å². The molecule has 0 saturated heterocycles. The number of carbonyl (C=O) groups is 1. The predicted octanol–water partition coefficient (Wildman–Crippen LogP) is 3.13. The normalized spacial score (nSPS) is 13.6. The number of nitrogens with one attached hydrogen (secondary N) is 1. The van der Waals surface area contributed by atoms with Crippen molar-refractivity contribution in [1.82, 2.24) is 10.3 Å². The third kappa shape index (κ3) is 3.88. The van der Waals surface area contributed by atoms with E-state index in [4.69, 9.17) is 10.2 Å². The van der Waals surface area contributed by atoms with E-state index in [1.165, 1.54) is 0 Å². The molecule has 2 atom stereocenters. The van der Waals surface area contributed by atoms with Gasteiger partial charge in [0.1, 0.15) is 5.52 Å². The molecule has 0 aliphatic heterocycles. The number of carbonyl (C=O) groups excluding carboxylic acids is 1. The molecular weight excluding hydrogens is 314 g/mol. The maximum atomic E-state index is 12.3. The highest BCUT2D eigenvalue weighted by Gasteiger charge is 2.21. The summed E-state index contributed by atoms with van der Waals surface area (Å²) in [5.74, 6) is 0.251. The predicted molar refractivity (Wildman–Crippen MR) is 98.0 cm³/mol. The van der Waals surface area contributed by atoms with Crippen LogP contribution in [-0.2, 0) is 11.2 Å². The maximum Gasteiger partial charge on any atom is 0.224 e. The highest BCUT2D eigenvalue weighted by atomic mass is 16.3. The van der Waals surface area contributed by atoms with Crippen molar-refractivity contribution in [3.8, 4) is 0 Å². The van der Waals surface area contributed by atoms with Crippen LogP contribution in [0.4, 0.5) is 0 Å². The molecule has 2 unspecified atom stereocenters. The molecule has 0 aliphatic carbocycles. The molecule has 0 spiro atoms. The van der Waals surface area contributed by atoms with Crippen molar-refractivity contribution in [3.05, 3.63) is 65.5 Å². The number of nitrogens with zero attached hydrogens (tertiary/aromatic N) is 1. The Labute approximate surface area is 147 Å². The summed E-state index contributed by atoms with van der Waals surface area (Å²) < 4.78 is 5.72. The van der Waals surface area contributed by atoms with Gasteiger partial charge in [-0.1, -0.05) is 49.4 Å². The maximum absolute atomic E-state index is 12.3. The van der Waals surface area contributed by atoms with Crippen molar-refractivity contribution >= 4 is 17.0 Å². The number of amides is 1. The van der Waals surface area contributed by atoms with Gasteiger partial charge in [0, 0.05) is 19.0 Å². The number of hydrogen-bond donors (Lipinski definition) is 2. The number of benzene rings is 2. The lowest BCUT2D eigenvalue weighted by Gasteiger charge is -2.19. The van der Waals surface area contributed by atoms with E-state index < -0.39 is 0 Å². The molecule has 3 aromatic rings. The van der Waals surface area contributed by atoms with Gasteiger partial charge in [-0.25, -0.2) is 4.98 Å². The molecule has 3 rings (SSSR count). The van der Waals surface area contributed by atoms with Crippen LogP contribution in [0.3, 0.4) is 0 Å². The van der Waals surface area contributed by atoms with E-state index in [0.717, 1.165) is 22.2 Å². The Balaban J connectivity index is 1.55. The summed E-state index contributed by atoms with van der Waals surface area (Å²) in [6, 6.07) is 15.2. The van der Waals surface area contributed by atoms with Crippen molar-refractivity contribution in [2.24, 2.45) is 11.7 Å². The van der Waals surface area contributed by atoms with Crippen LogP contribution in [0.5, 0.6) is 0 Å². The quantitative estimate of drug-likeness (QED) is 0.724. The van der Waals surface area contributed by atoms with Crippen LogP contribution in [0, 0.1) is 12.8 Å². The molecule has 1 aromatic heterocycles. The van der Waals surface area contributed by atoms with Crippen LogP contribution in [0.25, 0.3) is 11.1 Å². The Morgan fingerprint density at radius 3 is 2.68 bits per heavy atom. The lowest BCUT2D eigenvalue weighted by atomic mass is 9.95. The smallest absolute Gasteiger partial charge is 0.224 e. The molecular formula is C20H23N3O2. The van der Waals surface area contributed by atoms with Crippen LogP contribution in [0.1, 0.15) is 30.0 Å². The van der Waals surface area contributed by atoms with E-state index in [9.17, 15) is 4.79 Å². The summed E-state index contributed by atoms with van der Waals surface area (Å²) in [5.41, 5.74) is 9.90. The average Bonchev–Trinajstić information content (AvgIpc) is 3.05. The first-order valence-electron chi connectivity index (χ1n) is 8.49. The van der Waals surface area contributed by atoms with Crippen LogP contribution < -0.4 is 11.1 Å². The number of aryl methyl sites for hydroxylation is 1. The fraction of sp³-hybridized carbons (Fsp3) is 0.300. The van der Waals surface area contributed by atoms with Crippen molar-refractivity contribution in [1.29, 1.82) is 0 Å². The Morgan fingerprint density at radius 2 is 1.96 bits per heavy atom. The molecule has 0 fully saturated rings. The SMILES string of the molecule is Cc1cccc2oc(CCNC(=O)C(C)C(N)c3ccccc3)nc12. The first kappa shape index (κ1) is 17.2. The lowest BCUT2D eigenvalue weighted by Crippen LogP contribution is -2.36. The largest absolute Gasteiger partial charge is 0.441 e. The number of rotatable bonds is 6. The van der Waals surface area contributed by atoms with E-state index in [1.54, 1.807) is 0 Å². The van der Waals surface area contributed by atoms with E-state index in [2.05, 4.69) is 10.3 Å². The summed E-state index contributed by atoms with van der Waals surface area (Å²) in [7, 11) is 0. The Kier molecular flexibility index (Phi) is 5.14. The Bertz CT molecular complexity index is 858. The molecule has 25 heavy (non-hydrogen) atoms. The third-order valence-corrected chi connectivity index (χ3v) is 4.44. The second-order valence-corrected chi connectivity index (χ2v) is 6.30. The molecule has 0 bridgehead atoms. The molecule has 1 heterocycles. The molecule has 5 heteroatoms. The van der Waals surface area contributed by atoms with E-state index in [0.29, 0.717) is 18.9 Å². The highest BCUT2D eigenvalue weighted by Crippen LogP contribution is 2.20. The van der Waals surface area contributed by atoms with Crippen LogP contribution in [-0.4, -0.2) is 17.4 Å². The summed E-state index contributed by atoms with van der Waals surface area (Å²) in [5, 5.41) is 2.92. The second kappa shape index (κ2) is 7.49. The van der Waals surface area contributed by atoms with Gasteiger partial charge in [-0.15, -0.1) is 0 Å². The molecule has 0 saturated carbocycles. The zero-order valence-corrected chi connectivity index (χ0v) is 14.5. The minimum Gasteiger partial charge on any atom is -0.441 e. The van der Waals surface area contributed by atoms with Gasteiger partial charge < -0.3 is 15.5 Å². The first-order chi connectivity index (χ1) is 12.1. The highest BCUT2D eigenvalue weighted by molar-refractivity contribution is 5.79. The second-order valence-electron chi connectivity index (χ2n) is 6.30. The van der Waals surface area contributed by atoms with Crippen molar-refractivity contribution in [2.75, 3.05) is 6.54 Å². The first-order valence-corrected chi connectivity index (χ1v) is 8.49. The molecule has 5 nitrogen and oxygen atoms in total. The topological polar surface area (TPSA) is 81.2 Å². The molecule has 0 aliphatic rings. The van der Waals surface area contributed by atoms with E-state index in [1.807, 2.05) is 62.4 Å². The van der Waals surface area contributed by atoms with Crippen molar-refractivity contribution in [3.63, 3.8) is 0 Å². The van der Waals surface area contributed by atoms with Crippen LogP contribution >= 0.6 is 0 Å². The number of hydrogen-bond acceptors (Lipinski definition) is 4. The molecule has 0 radical (unpaired) electrons. The fourth-order valence-corrected chi connectivity index (χ4v) is 2.82. The molecule has 3 N–H and O–H groups in total. The van der Waals surface area contributed by atoms with E-state index >= 15 is 0 Å². The van der Waals surface area contributed by atoms with Crippen molar-refractivity contribution < 1.29 is 9.21 Å². The zero-order chi connectivity index (χ0) is 17.8. The van der Waals surface area contributed by atoms with E-state index in [-0.39, 0.29) is 17.9 Å². The zero-order valence-electron chi connectivity index (χ0n) is 14.5. The van der Waals surface area contributed by atoms with Gasteiger partial charge >= 0.3 is 0 Å². The monoisotopic (exact) mass is 337 g/mol. The Morgan fingerprint density at radius 1 is 1.20 bits per heavy atom. The number of aromatic nitrogens is 1. The van der Waals surface area contributed by atoms with Gasteiger partial charge in [0.05, 0.1) is 5.92 Å². The molecule has 2 aromatic carbocycles. The van der Waals surface area contributed by atoms with Gasteiger partial charge in [0.25, 0.3) is 0 Å². The third-order valence-electron chi connectivity index (χ3n) is 4.44. The summed E-state index contributed by atoms with van der Waals surface area (Å²) in [6.45, 7) is 4.31.